The van der Waals surface area contributed by atoms with E-state index in [4.69, 9.17) is 4.42 Å². The van der Waals surface area contributed by atoms with E-state index in [0.29, 0.717) is 17.2 Å². The van der Waals surface area contributed by atoms with Crippen molar-refractivity contribution in [2.24, 2.45) is 0 Å². The van der Waals surface area contributed by atoms with E-state index >= 15 is 0 Å². The van der Waals surface area contributed by atoms with Crippen LogP contribution in [-0.2, 0) is 12.7 Å². The molecule has 0 unspecified atom stereocenters. The zero-order valence-electron chi connectivity index (χ0n) is 13.1. The molecule has 4 nitrogen and oxygen atoms in total. The quantitative estimate of drug-likeness (QED) is 0.731. The average molecular weight is 366 g/mol. The van der Waals surface area contributed by atoms with Crippen LogP contribution >= 0.6 is 11.3 Å². The van der Waals surface area contributed by atoms with Crippen molar-refractivity contribution in [3.05, 3.63) is 63.7 Å². The van der Waals surface area contributed by atoms with Crippen LogP contribution in [0.25, 0.3) is 11.5 Å². The number of thiazole rings is 1. The fourth-order valence-electron chi connectivity index (χ4n) is 2.19. The molecule has 3 rings (SSSR count). The Balaban J connectivity index is 1.66. The summed E-state index contributed by atoms with van der Waals surface area (Å²) in [5.74, 6) is 0.460. The van der Waals surface area contributed by atoms with Gasteiger partial charge in [0.1, 0.15) is 11.5 Å². The van der Waals surface area contributed by atoms with Crippen molar-refractivity contribution in [1.29, 1.82) is 0 Å². The van der Waals surface area contributed by atoms with Gasteiger partial charge in [-0.05, 0) is 37.3 Å². The number of hydrogen-bond acceptors (Lipinski definition) is 4. The van der Waals surface area contributed by atoms with Crippen LogP contribution in [0.15, 0.2) is 46.2 Å². The largest absolute Gasteiger partial charge is 0.458 e. The molecule has 0 spiro atoms. The van der Waals surface area contributed by atoms with Gasteiger partial charge >= 0.3 is 6.18 Å². The lowest BCUT2D eigenvalue weighted by molar-refractivity contribution is -0.137. The normalized spacial score (nSPS) is 11.5. The molecule has 8 heteroatoms. The van der Waals surface area contributed by atoms with Gasteiger partial charge in [0.05, 0.1) is 17.1 Å². The second-order valence-corrected chi connectivity index (χ2v) is 6.34. The van der Waals surface area contributed by atoms with Gasteiger partial charge in [0.25, 0.3) is 5.91 Å². The highest BCUT2D eigenvalue weighted by atomic mass is 32.1. The SMILES string of the molecule is Cc1nc(-c2ccc(CNC(=O)c3cccc(C(F)(F)F)c3)o2)cs1. The summed E-state index contributed by atoms with van der Waals surface area (Å²) in [6, 6.07) is 7.70. The lowest BCUT2D eigenvalue weighted by Crippen LogP contribution is -2.23. The van der Waals surface area contributed by atoms with Crippen molar-refractivity contribution < 1.29 is 22.4 Å². The van der Waals surface area contributed by atoms with Crippen molar-refractivity contribution in [2.45, 2.75) is 19.6 Å². The number of rotatable bonds is 4. The lowest BCUT2D eigenvalue weighted by Gasteiger charge is -2.08. The molecular weight excluding hydrogens is 353 g/mol. The molecular formula is C17H13F3N2O2S. The molecule has 0 saturated carbocycles. The van der Waals surface area contributed by atoms with Crippen LogP contribution in [-0.4, -0.2) is 10.9 Å². The summed E-state index contributed by atoms with van der Waals surface area (Å²) in [5, 5.41) is 5.31. The molecule has 0 aliphatic heterocycles. The van der Waals surface area contributed by atoms with Crippen LogP contribution in [0.3, 0.4) is 0 Å². The van der Waals surface area contributed by atoms with E-state index in [2.05, 4.69) is 10.3 Å². The van der Waals surface area contributed by atoms with Crippen molar-refractivity contribution >= 4 is 17.2 Å². The fraction of sp³-hybridized carbons (Fsp3) is 0.176. The molecule has 0 saturated heterocycles. The number of furan rings is 1. The van der Waals surface area contributed by atoms with Gasteiger partial charge in [0.2, 0.25) is 0 Å². The van der Waals surface area contributed by atoms with Crippen LogP contribution in [0.4, 0.5) is 13.2 Å². The summed E-state index contributed by atoms with van der Waals surface area (Å²) < 4.78 is 43.7. The highest BCUT2D eigenvalue weighted by molar-refractivity contribution is 7.09. The van der Waals surface area contributed by atoms with Crippen LogP contribution in [0.5, 0.6) is 0 Å². The molecule has 0 bridgehead atoms. The maximum Gasteiger partial charge on any atom is 0.416 e. The smallest absolute Gasteiger partial charge is 0.416 e. The minimum absolute atomic E-state index is 0.0586. The third-order valence-corrected chi connectivity index (χ3v) is 4.18. The third-order valence-electron chi connectivity index (χ3n) is 3.41. The predicted molar refractivity (Wildman–Crippen MR) is 87.2 cm³/mol. The molecule has 130 valence electrons. The minimum atomic E-state index is -4.49. The highest BCUT2D eigenvalue weighted by Crippen LogP contribution is 2.29. The van der Waals surface area contributed by atoms with Gasteiger partial charge in [-0.15, -0.1) is 11.3 Å². The summed E-state index contributed by atoms with van der Waals surface area (Å²) in [6.45, 7) is 1.95. The molecule has 25 heavy (non-hydrogen) atoms. The van der Waals surface area contributed by atoms with E-state index < -0.39 is 17.6 Å². The first-order valence-corrected chi connectivity index (χ1v) is 8.17. The van der Waals surface area contributed by atoms with E-state index in [9.17, 15) is 18.0 Å². The minimum Gasteiger partial charge on any atom is -0.458 e. The molecule has 0 fully saturated rings. The summed E-state index contributed by atoms with van der Waals surface area (Å²) >= 11 is 1.49. The molecule has 1 N–H and O–H groups in total. The van der Waals surface area contributed by atoms with Crippen molar-refractivity contribution in [2.75, 3.05) is 0 Å². The number of alkyl halides is 3. The Morgan fingerprint density at radius 2 is 2.08 bits per heavy atom. The number of carbonyl (C=O) groups excluding carboxylic acids is 1. The molecule has 0 atom stereocenters. The molecule has 1 amide bonds. The maximum absolute atomic E-state index is 12.7. The Morgan fingerprint density at radius 3 is 2.76 bits per heavy atom. The van der Waals surface area contributed by atoms with Crippen LogP contribution < -0.4 is 5.32 Å². The maximum atomic E-state index is 12.7. The second kappa shape index (κ2) is 6.72. The highest BCUT2D eigenvalue weighted by Gasteiger charge is 2.30. The van der Waals surface area contributed by atoms with Gasteiger partial charge in [-0.25, -0.2) is 4.98 Å². The summed E-state index contributed by atoms with van der Waals surface area (Å²) in [5.41, 5.74) is -0.214. The number of hydrogen-bond donors (Lipinski definition) is 1. The van der Waals surface area contributed by atoms with E-state index in [1.807, 2.05) is 12.3 Å². The fourth-order valence-corrected chi connectivity index (χ4v) is 2.80. The number of nitrogens with one attached hydrogen (secondary N) is 1. The third kappa shape index (κ3) is 4.08. The zero-order valence-corrected chi connectivity index (χ0v) is 13.9. The molecule has 0 aliphatic rings. The number of halogens is 3. The number of aryl methyl sites for hydroxylation is 1. The van der Waals surface area contributed by atoms with Gasteiger partial charge in [-0.3, -0.25) is 4.79 Å². The second-order valence-electron chi connectivity index (χ2n) is 5.28. The monoisotopic (exact) mass is 366 g/mol. The number of carbonyl (C=O) groups is 1. The Bertz CT molecular complexity index is 899. The first kappa shape index (κ1) is 17.2. The Kier molecular flexibility index (Phi) is 4.63. The zero-order chi connectivity index (χ0) is 18.0. The van der Waals surface area contributed by atoms with E-state index in [-0.39, 0.29) is 12.1 Å². The molecule has 3 aromatic rings. The number of nitrogens with zero attached hydrogens (tertiary/aromatic N) is 1. The van der Waals surface area contributed by atoms with Gasteiger partial charge < -0.3 is 9.73 Å². The van der Waals surface area contributed by atoms with Crippen molar-refractivity contribution in [1.82, 2.24) is 10.3 Å². The van der Waals surface area contributed by atoms with Crippen molar-refractivity contribution in [3.8, 4) is 11.5 Å². The topological polar surface area (TPSA) is 55.1 Å². The van der Waals surface area contributed by atoms with E-state index in [1.165, 1.54) is 23.5 Å². The molecule has 1 aromatic carbocycles. The van der Waals surface area contributed by atoms with Crippen LogP contribution in [0, 0.1) is 6.92 Å². The molecule has 2 heterocycles. The van der Waals surface area contributed by atoms with E-state index in [1.54, 1.807) is 12.1 Å². The molecule has 0 radical (unpaired) electrons. The first-order chi connectivity index (χ1) is 11.8. The number of aromatic nitrogens is 1. The predicted octanol–water partition coefficient (Wildman–Crippen LogP) is 4.66. The summed E-state index contributed by atoms with van der Waals surface area (Å²) in [7, 11) is 0. The van der Waals surface area contributed by atoms with Gasteiger partial charge in [-0.2, -0.15) is 13.2 Å². The van der Waals surface area contributed by atoms with Crippen LogP contribution in [0.1, 0.15) is 26.7 Å². The Morgan fingerprint density at radius 1 is 1.28 bits per heavy atom. The average Bonchev–Trinajstić information content (AvgIpc) is 3.20. The summed E-state index contributed by atoms with van der Waals surface area (Å²) in [6.07, 6.45) is -4.49. The van der Waals surface area contributed by atoms with Gasteiger partial charge in [-0.1, -0.05) is 6.07 Å². The Hall–Kier alpha value is -2.61. The number of amides is 1. The standard InChI is InChI=1S/C17H13F3N2O2S/c1-10-22-14(9-25-10)15-6-5-13(24-15)8-21-16(23)11-3-2-4-12(7-11)17(18,19)20/h2-7,9H,8H2,1H3,(H,21,23). The van der Waals surface area contributed by atoms with Crippen LogP contribution in [0.2, 0.25) is 0 Å². The Labute approximate surface area is 145 Å². The summed E-state index contributed by atoms with van der Waals surface area (Å²) in [4.78, 5) is 16.3. The van der Waals surface area contributed by atoms with Gasteiger partial charge in [0.15, 0.2) is 5.76 Å². The van der Waals surface area contributed by atoms with Crippen molar-refractivity contribution in [3.63, 3.8) is 0 Å². The lowest BCUT2D eigenvalue weighted by atomic mass is 10.1. The number of benzene rings is 1. The first-order valence-electron chi connectivity index (χ1n) is 7.29. The molecule has 0 aliphatic carbocycles. The van der Waals surface area contributed by atoms with E-state index in [0.717, 1.165) is 17.1 Å². The molecule has 2 aromatic heterocycles. The van der Waals surface area contributed by atoms with Gasteiger partial charge in [0, 0.05) is 10.9 Å².